The van der Waals surface area contributed by atoms with Crippen LogP contribution in [-0.4, -0.2) is 81.8 Å². The Morgan fingerprint density at radius 1 is 0.583 bits per heavy atom. The lowest BCUT2D eigenvalue weighted by atomic mass is 10.1. The monoisotopic (exact) mass is 517 g/mol. The summed E-state index contributed by atoms with van der Waals surface area (Å²) in [7, 11) is 0. The first kappa shape index (κ1) is 31.7. The average molecular weight is 517 g/mol. The van der Waals surface area contributed by atoms with Gasteiger partial charge in [0.05, 0.1) is 12.5 Å². The summed E-state index contributed by atoms with van der Waals surface area (Å²) in [4.78, 5) is 93.1. The Balaban J connectivity index is 5.64. The second-order valence-corrected chi connectivity index (χ2v) is 7.74. The zero-order chi connectivity index (χ0) is 28.0. The summed E-state index contributed by atoms with van der Waals surface area (Å²) in [6.07, 6.45) is -2.97. The molecule has 0 bridgehead atoms. The number of aliphatic carboxylic acids is 2. The minimum absolute atomic E-state index is 0.147. The molecule has 0 saturated heterocycles. The molecule has 0 aliphatic rings. The van der Waals surface area contributed by atoms with Crippen LogP contribution in [0.3, 0.4) is 0 Å². The lowest BCUT2D eigenvalue weighted by Crippen LogP contribution is -2.57. The third-order valence-corrected chi connectivity index (χ3v) is 4.65. The molecular weight excluding hydrogens is 486 g/mol. The lowest BCUT2D eigenvalue weighted by molar-refractivity contribution is -0.144. The molecule has 36 heavy (non-hydrogen) atoms. The van der Waals surface area contributed by atoms with Crippen LogP contribution in [0.4, 0.5) is 0 Å². The maximum Gasteiger partial charge on any atom is 0.326 e. The Morgan fingerprint density at radius 2 is 1.00 bits per heavy atom. The van der Waals surface area contributed by atoms with Crippen LogP contribution in [0.25, 0.3) is 0 Å². The molecule has 0 aromatic heterocycles. The molecule has 6 amide bonds. The van der Waals surface area contributed by atoms with E-state index < -0.39 is 90.8 Å². The molecule has 0 aliphatic heterocycles. The van der Waals surface area contributed by atoms with Crippen LogP contribution in [-0.2, 0) is 38.4 Å². The molecule has 17 heteroatoms. The largest absolute Gasteiger partial charge is 0.481 e. The van der Waals surface area contributed by atoms with E-state index >= 15 is 0 Å². The second-order valence-electron chi connectivity index (χ2n) is 7.74. The number of hydrogen-bond donors (Lipinski definition) is 9. The summed E-state index contributed by atoms with van der Waals surface area (Å²) in [5, 5.41) is 24.5. The van der Waals surface area contributed by atoms with Gasteiger partial charge in [0.15, 0.2) is 0 Å². The third kappa shape index (κ3) is 13.4. The first-order valence-electron chi connectivity index (χ1n) is 10.6. The van der Waals surface area contributed by atoms with Crippen LogP contribution < -0.4 is 38.9 Å². The van der Waals surface area contributed by atoms with Crippen molar-refractivity contribution in [2.45, 2.75) is 69.1 Å². The van der Waals surface area contributed by atoms with E-state index in [0.29, 0.717) is 0 Å². The number of rotatable bonds is 18. The summed E-state index contributed by atoms with van der Waals surface area (Å²) >= 11 is 0. The standard InChI is InChI=1S/C19H31N7O10/c20-8(1-4-12(21)27)16(32)24-9(2-5-13(22)28)17(33)25-10(3-6-15(30)31)18(34)26-11(19(35)36)7-14(23)29/h8-11H,1-7,20H2,(H2,21,27)(H2,22,28)(H2,23,29)(H,24,32)(H,25,33)(H,26,34)(H,30,31)(H,35,36). The third-order valence-electron chi connectivity index (χ3n) is 4.65. The van der Waals surface area contributed by atoms with Crippen molar-refractivity contribution in [2.24, 2.45) is 22.9 Å². The number of hydrogen-bond acceptors (Lipinski definition) is 9. The van der Waals surface area contributed by atoms with Crippen molar-refractivity contribution in [3.63, 3.8) is 0 Å². The van der Waals surface area contributed by atoms with Gasteiger partial charge in [0.25, 0.3) is 0 Å². The summed E-state index contributed by atoms with van der Waals surface area (Å²) in [5.74, 6) is -8.61. The number of carbonyl (C=O) groups excluding carboxylic acids is 6. The Kier molecular flexibility index (Phi) is 13.7. The fraction of sp³-hybridized carbons (Fsp3) is 0.579. The van der Waals surface area contributed by atoms with Gasteiger partial charge in [0, 0.05) is 19.3 Å². The molecule has 0 rings (SSSR count). The Hall–Kier alpha value is -4.28. The van der Waals surface area contributed by atoms with Gasteiger partial charge in [-0.15, -0.1) is 0 Å². The zero-order valence-electron chi connectivity index (χ0n) is 19.2. The van der Waals surface area contributed by atoms with Gasteiger partial charge in [-0.2, -0.15) is 0 Å². The van der Waals surface area contributed by atoms with E-state index in [-0.39, 0.29) is 25.7 Å². The number of primary amides is 3. The van der Waals surface area contributed by atoms with Gasteiger partial charge < -0.3 is 49.1 Å². The maximum atomic E-state index is 12.8. The highest BCUT2D eigenvalue weighted by atomic mass is 16.4. The molecule has 0 fully saturated rings. The van der Waals surface area contributed by atoms with Gasteiger partial charge in [0.1, 0.15) is 18.1 Å². The van der Waals surface area contributed by atoms with Crippen molar-refractivity contribution in [1.82, 2.24) is 16.0 Å². The molecule has 13 N–H and O–H groups in total. The second kappa shape index (κ2) is 15.6. The van der Waals surface area contributed by atoms with Gasteiger partial charge in [-0.3, -0.25) is 33.6 Å². The Bertz CT molecular complexity index is 879. The number of amides is 6. The van der Waals surface area contributed by atoms with Crippen LogP contribution in [0.1, 0.15) is 44.9 Å². The quantitative estimate of drug-likeness (QED) is 0.0829. The van der Waals surface area contributed by atoms with E-state index in [9.17, 15) is 38.4 Å². The van der Waals surface area contributed by atoms with Crippen molar-refractivity contribution in [1.29, 1.82) is 0 Å². The first-order valence-corrected chi connectivity index (χ1v) is 10.6. The van der Waals surface area contributed by atoms with E-state index in [2.05, 4.69) is 10.6 Å². The highest BCUT2D eigenvalue weighted by Crippen LogP contribution is 2.05. The van der Waals surface area contributed by atoms with E-state index in [1.54, 1.807) is 0 Å². The predicted molar refractivity (Wildman–Crippen MR) is 119 cm³/mol. The predicted octanol–water partition coefficient (Wildman–Crippen LogP) is -4.88. The average Bonchev–Trinajstić information content (AvgIpc) is 2.75. The molecule has 0 aromatic rings. The summed E-state index contributed by atoms with van der Waals surface area (Å²) in [5.41, 5.74) is 20.7. The molecular formula is C19H31N7O10. The summed E-state index contributed by atoms with van der Waals surface area (Å²) < 4.78 is 0. The van der Waals surface area contributed by atoms with Gasteiger partial charge in [0.2, 0.25) is 35.4 Å². The van der Waals surface area contributed by atoms with Crippen molar-refractivity contribution in [3.8, 4) is 0 Å². The van der Waals surface area contributed by atoms with E-state index in [4.69, 9.17) is 33.1 Å². The highest BCUT2D eigenvalue weighted by Gasteiger charge is 2.31. The molecule has 0 aromatic carbocycles. The molecule has 0 aliphatic carbocycles. The highest BCUT2D eigenvalue weighted by molar-refractivity contribution is 5.95. The summed E-state index contributed by atoms with van der Waals surface area (Å²) in [6.45, 7) is 0. The molecule has 0 radical (unpaired) electrons. The normalized spacial score (nSPS) is 13.8. The Labute approximate surface area is 204 Å². The number of carboxylic acids is 2. The van der Waals surface area contributed by atoms with Crippen molar-refractivity contribution in [2.75, 3.05) is 0 Å². The molecule has 0 spiro atoms. The van der Waals surface area contributed by atoms with Crippen LogP contribution in [0.5, 0.6) is 0 Å². The number of nitrogens with one attached hydrogen (secondary N) is 3. The van der Waals surface area contributed by atoms with Crippen LogP contribution in [0.15, 0.2) is 0 Å². The van der Waals surface area contributed by atoms with Gasteiger partial charge in [-0.05, 0) is 19.3 Å². The van der Waals surface area contributed by atoms with Gasteiger partial charge in [-0.1, -0.05) is 0 Å². The number of carbonyl (C=O) groups is 8. The minimum Gasteiger partial charge on any atom is -0.481 e. The zero-order valence-corrected chi connectivity index (χ0v) is 19.2. The number of carboxylic acid groups (broad SMARTS) is 2. The Morgan fingerprint density at radius 3 is 1.42 bits per heavy atom. The van der Waals surface area contributed by atoms with Crippen molar-refractivity contribution < 1.29 is 48.6 Å². The maximum absolute atomic E-state index is 12.8. The first-order chi connectivity index (χ1) is 16.6. The van der Waals surface area contributed by atoms with Gasteiger partial charge >= 0.3 is 11.9 Å². The summed E-state index contributed by atoms with van der Waals surface area (Å²) in [6, 6.07) is -6.09. The molecule has 4 unspecified atom stereocenters. The van der Waals surface area contributed by atoms with E-state index in [1.807, 2.05) is 5.32 Å². The van der Waals surface area contributed by atoms with E-state index in [1.165, 1.54) is 0 Å². The fourth-order valence-corrected chi connectivity index (χ4v) is 2.75. The molecule has 17 nitrogen and oxygen atoms in total. The lowest BCUT2D eigenvalue weighted by Gasteiger charge is -2.24. The SMILES string of the molecule is NC(=O)CCC(N)C(=O)NC(CCC(N)=O)C(=O)NC(CCC(=O)O)C(=O)NC(CC(N)=O)C(=O)O. The van der Waals surface area contributed by atoms with Gasteiger partial charge in [-0.25, -0.2) is 4.79 Å². The van der Waals surface area contributed by atoms with Crippen molar-refractivity contribution >= 4 is 47.4 Å². The molecule has 202 valence electrons. The molecule has 0 saturated carbocycles. The van der Waals surface area contributed by atoms with Crippen molar-refractivity contribution in [3.05, 3.63) is 0 Å². The minimum atomic E-state index is -1.76. The number of nitrogens with two attached hydrogens (primary N) is 4. The fourth-order valence-electron chi connectivity index (χ4n) is 2.75. The van der Waals surface area contributed by atoms with E-state index in [0.717, 1.165) is 0 Å². The smallest absolute Gasteiger partial charge is 0.326 e. The topological polar surface area (TPSA) is 317 Å². The molecule has 0 heterocycles. The molecule has 4 atom stereocenters. The van der Waals surface area contributed by atoms with Crippen LogP contribution >= 0.6 is 0 Å². The van der Waals surface area contributed by atoms with Crippen LogP contribution in [0.2, 0.25) is 0 Å². The van der Waals surface area contributed by atoms with Crippen LogP contribution in [0, 0.1) is 0 Å².